The summed E-state index contributed by atoms with van der Waals surface area (Å²) in [5, 5.41) is 0. The molecule has 0 unspecified atom stereocenters. The molecule has 8 nitrogen and oxygen atoms in total. The van der Waals surface area contributed by atoms with Gasteiger partial charge >= 0.3 is 19.5 Å². The fourth-order valence-electron chi connectivity index (χ4n) is 0. The molecule has 0 aliphatic heterocycles. The van der Waals surface area contributed by atoms with E-state index in [1.165, 1.54) is 0 Å². The summed E-state index contributed by atoms with van der Waals surface area (Å²) in [7, 11) is 0. The van der Waals surface area contributed by atoms with Crippen LogP contribution in [0.4, 0.5) is 0 Å². The zero-order valence-electron chi connectivity index (χ0n) is 9.31. The van der Waals surface area contributed by atoms with Crippen LogP contribution in [0.3, 0.4) is 0 Å². The molecule has 15 heavy (non-hydrogen) atoms. The van der Waals surface area contributed by atoms with Gasteiger partial charge in [0.05, 0.1) is 0 Å². The Balaban J connectivity index is -0.0000000184. The van der Waals surface area contributed by atoms with Crippen LogP contribution in [-0.4, -0.2) is 50.2 Å². The van der Waals surface area contributed by atoms with E-state index in [4.69, 9.17) is 34.4 Å². The van der Waals surface area contributed by atoms with Crippen LogP contribution in [0.25, 0.3) is 0 Å². The molecule has 0 amide bonds. The second-order valence-corrected chi connectivity index (χ2v) is 1.73. The first kappa shape index (κ1) is 36.2. The molecule has 14 N–H and O–H groups in total. The number of nitrogens with two attached hydrogens (primary N) is 6. The van der Waals surface area contributed by atoms with Gasteiger partial charge < -0.3 is 45.4 Å². The standard InChI is InChI=1S/3C2H8N2.2H2O.Zn/c3*3-1-2-4;;;/h3*1-4H2;2*1H2;/q;;;;;+2/p-2. The minimum Gasteiger partial charge on any atom is -0.870 e. The van der Waals surface area contributed by atoms with Gasteiger partial charge in [-0.2, -0.15) is 0 Å². The van der Waals surface area contributed by atoms with Crippen LogP contribution in [0.2, 0.25) is 0 Å². The van der Waals surface area contributed by atoms with E-state index in [1.54, 1.807) is 0 Å². The molecule has 0 saturated carbocycles. The average Bonchev–Trinajstić information content (AvgIpc) is 2.18. The van der Waals surface area contributed by atoms with Crippen LogP contribution in [-0.2, 0) is 19.5 Å². The monoisotopic (exact) mass is 278 g/mol. The maximum atomic E-state index is 4.90. The fourth-order valence-corrected chi connectivity index (χ4v) is 0. The molecule has 0 heterocycles. The van der Waals surface area contributed by atoms with E-state index in [-0.39, 0.29) is 30.4 Å². The molecule has 0 radical (unpaired) electrons. The second-order valence-electron chi connectivity index (χ2n) is 1.73. The van der Waals surface area contributed by atoms with Crippen molar-refractivity contribution < 1.29 is 30.4 Å². The first-order chi connectivity index (χ1) is 5.74. The van der Waals surface area contributed by atoms with E-state index in [2.05, 4.69) is 0 Å². The van der Waals surface area contributed by atoms with Crippen molar-refractivity contribution in [1.82, 2.24) is 0 Å². The van der Waals surface area contributed by atoms with Crippen LogP contribution in [0.15, 0.2) is 0 Å². The van der Waals surface area contributed by atoms with E-state index in [1.807, 2.05) is 0 Å². The summed E-state index contributed by atoms with van der Waals surface area (Å²) in [6, 6.07) is 0. The number of hydrogen-bond acceptors (Lipinski definition) is 8. The van der Waals surface area contributed by atoms with Crippen molar-refractivity contribution in [3.8, 4) is 0 Å². The van der Waals surface area contributed by atoms with Gasteiger partial charge in [0.2, 0.25) is 0 Å². The van der Waals surface area contributed by atoms with Gasteiger partial charge in [-0.3, -0.25) is 0 Å². The molecule has 0 fully saturated rings. The summed E-state index contributed by atoms with van der Waals surface area (Å²) in [6.07, 6.45) is 0. The summed E-state index contributed by atoms with van der Waals surface area (Å²) in [6.45, 7) is 3.58. The predicted molar refractivity (Wildman–Crippen MR) is 58.2 cm³/mol. The third kappa shape index (κ3) is 198. The van der Waals surface area contributed by atoms with Crippen LogP contribution < -0.4 is 34.4 Å². The first-order valence-corrected chi connectivity index (χ1v) is 3.95. The Bertz CT molecular complexity index is 41.1. The quantitative estimate of drug-likeness (QED) is 0.282. The molecule has 94 valence electrons. The molecule has 0 saturated heterocycles. The normalized spacial score (nSPS) is 6.00. The Labute approximate surface area is 104 Å². The van der Waals surface area contributed by atoms with Crippen molar-refractivity contribution in [2.24, 2.45) is 34.4 Å². The Morgan fingerprint density at radius 2 is 0.467 bits per heavy atom. The van der Waals surface area contributed by atoms with Gasteiger partial charge in [-0.15, -0.1) is 0 Å². The molecule has 0 aromatic carbocycles. The topological polar surface area (TPSA) is 216 Å². The van der Waals surface area contributed by atoms with Crippen molar-refractivity contribution in [3.05, 3.63) is 0 Å². The van der Waals surface area contributed by atoms with Gasteiger partial charge in [0.25, 0.3) is 0 Å². The summed E-state index contributed by atoms with van der Waals surface area (Å²) >= 11 is 0. The molecule has 0 atom stereocenters. The third-order valence-corrected chi connectivity index (χ3v) is 0.500. The van der Waals surface area contributed by atoms with Crippen molar-refractivity contribution in [1.29, 1.82) is 0 Å². The Hall–Kier alpha value is 0.303. The first-order valence-electron chi connectivity index (χ1n) is 3.95. The predicted octanol–water partition coefficient (Wildman–Crippen LogP) is -3.64. The zero-order valence-corrected chi connectivity index (χ0v) is 12.3. The van der Waals surface area contributed by atoms with Gasteiger partial charge in [-0.25, -0.2) is 0 Å². The minimum atomic E-state index is 0. The van der Waals surface area contributed by atoms with Gasteiger partial charge in [0.1, 0.15) is 0 Å². The Kier molecular flexibility index (Phi) is 154. The van der Waals surface area contributed by atoms with Gasteiger partial charge in [-0.05, 0) is 0 Å². The number of rotatable bonds is 3. The molecule has 0 bridgehead atoms. The maximum absolute atomic E-state index is 4.90. The van der Waals surface area contributed by atoms with E-state index < -0.39 is 0 Å². The second kappa shape index (κ2) is 63.7. The minimum absolute atomic E-state index is 0. The maximum Gasteiger partial charge on any atom is 2.00 e. The summed E-state index contributed by atoms with van der Waals surface area (Å²) in [4.78, 5) is 0. The molecular formula is C6H26N6O2Zn. The molecule has 9 heteroatoms. The van der Waals surface area contributed by atoms with Crippen molar-refractivity contribution in [3.63, 3.8) is 0 Å². The zero-order chi connectivity index (χ0) is 10.2. The largest absolute Gasteiger partial charge is 2.00 e. The Morgan fingerprint density at radius 3 is 0.467 bits per heavy atom. The number of hydrogen-bond donors (Lipinski definition) is 6. The fraction of sp³-hybridized carbons (Fsp3) is 1.00. The summed E-state index contributed by atoms with van der Waals surface area (Å²) in [5.41, 5.74) is 29.4. The van der Waals surface area contributed by atoms with E-state index in [0.717, 1.165) is 0 Å². The molecule has 0 rings (SSSR count). The Morgan fingerprint density at radius 1 is 0.400 bits per heavy atom. The smallest absolute Gasteiger partial charge is 0.870 e. The van der Waals surface area contributed by atoms with Crippen molar-refractivity contribution in [2.75, 3.05) is 39.3 Å². The van der Waals surface area contributed by atoms with Crippen LogP contribution in [0, 0.1) is 0 Å². The van der Waals surface area contributed by atoms with Crippen LogP contribution in [0.5, 0.6) is 0 Å². The molecule has 0 spiro atoms. The van der Waals surface area contributed by atoms with E-state index in [0.29, 0.717) is 39.3 Å². The van der Waals surface area contributed by atoms with Gasteiger partial charge in [0.15, 0.2) is 0 Å². The molecule has 0 aromatic heterocycles. The molecule has 0 aliphatic rings. The van der Waals surface area contributed by atoms with Crippen LogP contribution in [0.1, 0.15) is 0 Å². The van der Waals surface area contributed by atoms with Gasteiger partial charge in [-0.1, -0.05) is 0 Å². The average molecular weight is 280 g/mol. The molecule has 0 aromatic rings. The third-order valence-electron chi connectivity index (χ3n) is 0.500. The summed E-state index contributed by atoms with van der Waals surface area (Å²) in [5.74, 6) is 0. The van der Waals surface area contributed by atoms with Gasteiger partial charge in [0, 0.05) is 39.3 Å². The van der Waals surface area contributed by atoms with Crippen molar-refractivity contribution >= 4 is 0 Å². The van der Waals surface area contributed by atoms with Crippen LogP contribution >= 0.6 is 0 Å². The molecular weight excluding hydrogens is 253 g/mol. The van der Waals surface area contributed by atoms with Crippen molar-refractivity contribution in [2.45, 2.75) is 0 Å². The SMILES string of the molecule is NCCN.NCCN.NCCN.[OH-].[OH-].[Zn+2]. The van der Waals surface area contributed by atoms with E-state index in [9.17, 15) is 0 Å². The summed E-state index contributed by atoms with van der Waals surface area (Å²) < 4.78 is 0. The molecule has 0 aliphatic carbocycles. The van der Waals surface area contributed by atoms with E-state index >= 15 is 0 Å².